The van der Waals surface area contributed by atoms with Gasteiger partial charge >= 0.3 is 5.97 Å². The number of carboxylic acid groups (broad SMARTS) is 1. The van der Waals surface area contributed by atoms with Crippen LogP contribution in [-0.4, -0.2) is 16.1 Å². The van der Waals surface area contributed by atoms with E-state index in [4.69, 9.17) is 28.3 Å². The molecule has 0 bridgehead atoms. The molecule has 0 saturated heterocycles. The average molecular weight is 337 g/mol. The van der Waals surface area contributed by atoms with Crippen molar-refractivity contribution in [3.63, 3.8) is 0 Å². The van der Waals surface area contributed by atoms with Gasteiger partial charge in [0, 0.05) is 26.1 Å². The van der Waals surface area contributed by atoms with Crippen molar-refractivity contribution in [2.45, 2.75) is 12.8 Å². The first-order chi connectivity index (χ1) is 7.91. The van der Waals surface area contributed by atoms with Crippen LogP contribution in [0.4, 0.5) is 0 Å². The number of hydrogen-bond acceptors (Lipinski definition) is 1. The second-order valence-electron chi connectivity index (χ2n) is 3.72. The van der Waals surface area contributed by atoms with Crippen LogP contribution in [0.3, 0.4) is 0 Å². The molecule has 90 valence electrons. The van der Waals surface area contributed by atoms with Crippen molar-refractivity contribution in [1.82, 2.24) is 4.98 Å². The highest BCUT2D eigenvalue weighted by Gasteiger charge is 2.22. The van der Waals surface area contributed by atoms with Gasteiger partial charge in [0.05, 0.1) is 10.9 Å². The third-order valence-electron chi connectivity index (χ3n) is 2.58. The van der Waals surface area contributed by atoms with E-state index in [-0.39, 0.29) is 0 Å². The molecule has 1 aromatic carbocycles. The molecule has 2 aromatic rings. The summed E-state index contributed by atoms with van der Waals surface area (Å²) in [4.78, 5) is 14.0. The van der Waals surface area contributed by atoms with Crippen molar-refractivity contribution < 1.29 is 9.90 Å². The van der Waals surface area contributed by atoms with Crippen molar-refractivity contribution >= 4 is 56.0 Å². The summed E-state index contributed by atoms with van der Waals surface area (Å²) in [7, 11) is 0. The maximum atomic E-state index is 11.0. The van der Waals surface area contributed by atoms with Gasteiger partial charge in [-0.3, -0.25) is 4.79 Å². The summed E-state index contributed by atoms with van der Waals surface area (Å²) in [5.74, 6) is -1.55. The number of H-pyrrole nitrogens is 1. The van der Waals surface area contributed by atoms with Gasteiger partial charge in [0.1, 0.15) is 0 Å². The van der Waals surface area contributed by atoms with Crippen LogP contribution in [0.15, 0.2) is 16.6 Å². The average Bonchev–Trinajstić information content (AvgIpc) is 2.54. The zero-order valence-electron chi connectivity index (χ0n) is 8.72. The number of aromatic amines is 1. The van der Waals surface area contributed by atoms with Crippen LogP contribution in [0.1, 0.15) is 18.5 Å². The van der Waals surface area contributed by atoms with Crippen LogP contribution >= 0.6 is 39.1 Å². The number of carbonyl (C=O) groups is 1. The maximum Gasteiger partial charge on any atom is 0.312 e. The number of carboxylic acids is 1. The van der Waals surface area contributed by atoms with E-state index in [1.807, 2.05) is 0 Å². The summed E-state index contributed by atoms with van der Waals surface area (Å²) in [5, 5.41) is 10.7. The van der Waals surface area contributed by atoms with Gasteiger partial charge in [-0.2, -0.15) is 0 Å². The Morgan fingerprint density at radius 3 is 2.71 bits per heavy atom. The van der Waals surface area contributed by atoms with Gasteiger partial charge in [-0.1, -0.05) is 23.2 Å². The summed E-state index contributed by atoms with van der Waals surface area (Å²) in [6.07, 6.45) is 0. The number of aromatic nitrogens is 1. The Kier molecular flexibility index (Phi) is 3.39. The molecular weight excluding hydrogens is 329 g/mol. The molecule has 0 radical (unpaired) electrons. The number of hydrogen-bond donors (Lipinski definition) is 2. The van der Waals surface area contributed by atoms with Crippen LogP contribution in [0.5, 0.6) is 0 Å². The second-order valence-corrected chi connectivity index (χ2v) is 5.36. The van der Waals surface area contributed by atoms with Crippen LogP contribution in [0, 0.1) is 0 Å². The number of fused-ring (bicyclic) bond motifs is 1. The molecule has 0 aliphatic heterocycles. The van der Waals surface area contributed by atoms with E-state index in [1.54, 1.807) is 19.1 Å². The highest BCUT2D eigenvalue weighted by atomic mass is 79.9. The second kappa shape index (κ2) is 4.52. The Balaban J connectivity index is 2.73. The third kappa shape index (κ3) is 2.17. The number of benzene rings is 1. The van der Waals surface area contributed by atoms with Gasteiger partial charge in [-0.05, 0) is 35.0 Å². The van der Waals surface area contributed by atoms with Gasteiger partial charge in [-0.15, -0.1) is 0 Å². The first-order valence-electron chi connectivity index (χ1n) is 4.80. The van der Waals surface area contributed by atoms with E-state index >= 15 is 0 Å². The predicted molar refractivity (Wildman–Crippen MR) is 72.1 cm³/mol. The number of aliphatic carboxylic acids is 1. The summed E-state index contributed by atoms with van der Waals surface area (Å²) in [6, 6.07) is 3.34. The smallest absolute Gasteiger partial charge is 0.312 e. The molecule has 6 heteroatoms. The fraction of sp³-hybridized carbons (Fsp3) is 0.182. The monoisotopic (exact) mass is 335 g/mol. The molecule has 0 saturated carbocycles. The van der Waals surface area contributed by atoms with E-state index in [1.165, 1.54) is 0 Å². The molecule has 3 nitrogen and oxygen atoms in total. The lowest BCUT2D eigenvalue weighted by Gasteiger charge is -2.03. The highest BCUT2D eigenvalue weighted by molar-refractivity contribution is 9.10. The molecule has 0 aliphatic carbocycles. The van der Waals surface area contributed by atoms with E-state index in [0.29, 0.717) is 20.2 Å². The Bertz CT molecular complexity index is 609. The van der Waals surface area contributed by atoms with Gasteiger partial charge < -0.3 is 10.1 Å². The molecule has 0 aliphatic rings. The fourth-order valence-corrected chi connectivity index (χ4v) is 3.22. The first-order valence-corrected chi connectivity index (χ1v) is 6.35. The van der Waals surface area contributed by atoms with Gasteiger partial charge in [0.15, 0.2) is 0 Å². The molecule has 1 aromatic heterocycles. The zero-order chi connectivity index (χ0) is 12.7. The van der Waals surface area contributed by atoms with E-state index < -0.39 is 11.9 Å². The Morgan fingerprint density at radius 2 is 2.12 bits per heavy atom. The largest absolute Gasteiger partial charge is 0.481 e. The van der Waals surface area contributed by atoms with E-state index in [0.717, 1.165) is 10.9 Å². The number of rotatable bonds is 2. The summed E-state index contributed by atoms with van der Waals surface area (Å²) < 4.78 is 0.670. The molecule has 2 N–H and O–H groups in total. The molecule has 0 amide bonds. The lowest BCUT2D eigenvalue weighted by atomic mass is 10.1. The third-order valence-corrected chi connectivity index (χ3v) is 3.92. The van der Waals surface area contributed by atoms with Crippen molar-refractivity contribution in [2.24, 2.45) is 0 Å². The molecule has 17 heavy (non-hydrogen) atoms. The predicted octanol–water partition coefficient (Wildman–Crippen LogP) is 4.43. The fourth-order valence-electron chi connectivity index (χ4n) is 1.65. The van der Waals surface area contributed by atoms with E-state index in [9.17, 15) is 4.79 Å². The normalized spacial score (nSPS) is 12.9. The van der Waals surface area contributed by atoms with Crippen molar-refractivity contribution in [3.05, 3.63) is 32.3 Å². The zero-order valence-corrected chi connectivity index (χ0v) is 11.8. The summed E-state index contributed by atoms with van der Waals surface area (Å²) in [6.45, 7) is 1.60. The van der Waals surface area contributed by atoms with Gasteiger partial charge in [0.2, 0.25) is 0 Å². The van der Waals surface area contributed by atoms with Crippen LogP contribution in [0.2, 0.25) is 10.0 Å². The van der Waals surface area contributed by atoms with Gasteiger partial charge in [0.25, 0.3) is 0 Å². The van der Waals surface area contributed by atoms with Crippen LogP contribution < -0.4 is 0 Å². The minimum atomic E-state index is -0.903. The lowest BCUT2D eigenvalue weighted by Crippen LogP contribution is -2.08. The van der Waals surface area contributed by atoms with Crippen LogP contribution in [-0.2, 0) is 4.79 Å². The Morgan fingerprint density at radius 1 is 1.47 bits per heavy atom. The first kappa shape index (κ1) is 12.7. The van der Waals surface area contributed by atoms with Crippen molar-refractivity contribution in [3.8, 4) is 0 Å². The molecule has 1 heterocycles. The highest BCUT2D eigenvalue weighted by Crippen LogP contribution is 2.38. The van der Waals surface area contributed by atoms with Crippen LogP contribution in [0.25, 0.3) is 10.9 Å². The SMILES string of the molecule is CC(C(=O)O)c1[nH]c2cc(Cl)cc(Cl)c2c1Br. The van der Waals surface area contributed by atoms with Crippen molar-refractivity contribution in [2.75, 3.05) is 0 Å². The number of halogens is 3. The standard InChI is InChI=1S/C11H8BrCl2NO2/c1-4(11(16)17)10-9(12)8-6(14)2-5(13)3-7(8)15-10/h2-4,15H,1H3,(H,16,17). The minimum Gasteiger partial charge on any atom is -0.481 e. The molecule has 0 spiro atoms. The van der Waals surface area contributed by atoms with Gasteiger partial charge in [-0.25, -0.2) is 0 Å². The summed E-state index contributed by atoms with van der Waals surface area (Å²) in [5.41, 5.74) is 1.30. The molecular formula is C11H8BrCl2NO2. The topological polar surface area (TPSA) is 53.1 Å². The molecule has 1 unspecified atom stereocenters. The summed E-state index contributed by atoms with van der Waals surface area (Å²) >= 11 is 15.3. The quantitative estimate of drug-likeness (QED) is 0.852. The molecule has 1 atom stereocenters. The molecule has 2 rings (SSSR count). The minimum absolute atomic E-state index is 0.486. The lowest BCUT2D eigenvalue weighted by molar-refractivity contribution is -0.138. The molecule has 0 fully saturated rings. The Labute approximate surface area is 116 Å². The Hall–Kier alpha value is -0.710. The van der Waals surface area contributed by atoms with Crippen molar-refractivity contribution in [1.29, 1.82) is 0 Å². The van der Waals surface area contributed by atoms with E-state index in [2.05, 4.69) is 20.9 Å². The number of nitrogens with one attached hydrogen (secondary N) is 1. The maximum absolute atomic E-state index is 11.0.